The molecule has 0 fully saturated rings. The van der Waals surface area contributed by atoms with Crippen molar-refractivity contribution in [3.8, 4) is 0 Å². The molecule has 2 aromatic rings. The molecule has 0 spiro atoms. The van der Waals surface area contributed by atoms with Crippen molar-refractivity contribution in [2.45, 2.75) is 13.3 Å². The highest BCUT2D eigenvalue weighted by Gasteiger charge is 2.20. The van der Waals surface area contributed by atoms with Crippen LogP contribution in [0.25, 0.3) is 0 Å². The average molecular weight is 388 g/mol. The van der Waals surface area contributed by atoms with Crippen LogP contribution < -0.4 is 10.6 Å². The minimum absolute atomic E-state index is 0.142. The van der Waals surface area contributed by atoms with Crippen LogP contribution in [0.4, 0.5) is 5.69 Å². The van der Waals surface area contributed by atoms with Gasteiger partial charge in [-0.25, -0.2) is 0 Å². The van der Waals surface area contributed by atoms with Crippen LogP contribution in [0.3, 0.4) is 0 Å². The molecule has 6 nitrogen and oxygen atoms in total. The molecule has 142 valence electrons. The predicted octanol–water partition coefficient (Wildman–Crippen LogP) is 2.95. The summed E-state index contributed by atoms with van der Waals surface area (Å²) in [4.78, 5) is 38.2. The van der Waals surface area contributed by atoms with Gasteiger partial charge >= 0.3 is 0 Å². The number of benzene rings is 2. The Morgan fingerprint density at radius 2 is 1.63 bits per heavy atom. The molecule has 2 N–H and O–H groups in total. The zero-order valence-corrected chi connectivity index (χ0v) is 15.8. The first kappa shape index (κ1) is 20.5. The van der Waals surface area contributed by atoms with E-state index in [9.17, 15) is 14.4 Å². The van der Waals surface area contributed by atoms with Gasteiger partial charge in [0, 0.05) is 12.2 Å². The van der Waals surface area contributed by atoms with Crippen LogP contribution in [-0.4, -0.2) is 42.3 Å². The second kappa shape index (κ2) is 10.3. The van der Waals surface area contributed by atoms with Gasteiger partial charge in [0.05, 0.1) is 23.7 Å². The molecule has 7 heteroatoms. The molecule has 0 saturated heterocycles. The highest BCUT2D eigenvalue weighted by Crippen LogP contribution is 2.17. The van der Waals surface area contributed by atoms with Gasteiger partial charge < -0.3 is 15.5 Å². The molecule has 0 aliphatic heterocycles. The van der Waals surface area contributed by atoms with E-state index in [0.717, 1.165) is 0 Å². The maximum absolute atomic E-state index is 12.7. The Kier molecular flexibility index (Phi) is 7.82. The fourth-order valence-corrected chi connectivity index (χ4v) is 2.68. The third-order valence-electron chi connectivity index (χ3n) is 3.72. The van der Waals surface area contributed by atoms with Crippen molar-refractivity contribution in [2.24, 2.45) is 0 Å². The molecule has 0 aromatic heterocycles. The van der Waals surface area contributed by atoms with E-state index in [0.29, 0.717) is 29.2 Å². The van der Waals surface area contributed by atoms with Gasteiger partial charge in [-0.2, -0.15) is 0 Å². The number of anilines is 1. The molecule has 0 heterocycles. The number of hydrogen-bond donors (Lipinski definition) is 2. The third kappa shape index (κ3) is 6.42. The Hall–Kier alpha value is -2.86. The predicted molar refractivity (Wildman–Crippen MR) is 106 cm³/mol. The van der Waals surface area contributed by atoms with Gasteiger partial charge in [-0.3, -0.25) is 14.4 Å². The van der Waals surface area contributed by atoms with Crippen molar-refractivity contribution in [3.63, 3.8) is 0 Å². The lowest BCUT2D eigenvalue weighted by molar-refractivity contribution is -0.124. The highest BCUT2D eigenvalue weighted by atomic mass is 35.5. The number of para-hydroxylation sites is 1. The monoisotopic (exact) mass is 387 g/mol. The molecule has 0 atom stereocenters. The first-order valence-corrected chi connectivity index (χ1v) is 9.04. The second-order valence-corrected chi connectivity index (χ2v) is 6.30. The van der Waals surface area contributed by atoms with E-state index in [4.69, 9.17) is 11.6 Å². The van der Waals surface area contributed by atoms with Crippen LogP contribution in [0.15, 0.2) is 54.6 Å². The summed E-state index contributed by atoms with van der Waals surface area (Å²) in [5, 5.41) is 5.55. The van der Waals surface area contributed by atoms with E-state index >= 15 is 0 Å². The first-order chi connectivity index (χ1) is 13.0. The van der Waals surface area contributed by atoms with Crippen LogP contribution in [0.5, 0.6) is 0 Å². The number of carbonyl (C=O) groups excluding carboxylic acids is 3. The SMILES string of the molecule is CCCN(CC(=O)NCC(=O)Nc1ccccc1)C(=O)c1ccccc1Cl. The average Bonchev–Trinajstić information content (AvgIpc) is 2.67. The number of nitrogens with one attached hydrogen (secondary N) is 2. The summed E-state index contributed by atoms with van der Waals surface area (Å²) in [5.41, 5.74) is 1.00. The minimum Gasteiger partial charge on any atom is -0.345 e. The summed E-state index contributed by atoms with van der Waals surface area (Å²) < 4.78 is 0. The van der Waals surface area contributed by atoms with Crippen molar-refractivity contribution < 1.29 is 14.4 Å². The van der Waals surface area contributed by atoms with Gasteiger partial charge in [-0.05, 0) is 30.7 Å². The summed E-state index contributed by atoms with van der Waals surface area (Å²) >= 11 is 6.08. The molecule has 27 heavy (non-hydrogen) atoms. The van der Waals surface area contributed by atoms with Crippen molar-refractivity contribution in [1.82, 2.24) is 10.2 Å². The van der Waals surface area contributed by atoms with E-state index in [2.05, 4.69) is 10.6 Å². The van der Waals surface area contributed by atoms with Gasteiger partial charge in [0.1, 0.15) is 0 Å². The molecule has 0 aliphatic rings. The molecule has 0 radical (unpaired) electrons. The molecule has 2 aromatic carbocycles. The second-order valence-electron chi connectivity index (χ2n) is 5.90. The number of amides is 3. The Bertz CT molecular complexity index is 796. The lowest BCUT2D eigenvalue weighted by atomic mass is 10.2. The Morgan fingerprint density at radius 3 is 2.30 bits per heavy atom. The maximum atomic E-state index is 12.7. The Labute approximate surface area is 163 Å². The van der Waals surface area contributed by atoms with E-state index in [1.54, 1.807) is 48.5 Å². The van der Waals surface area contributed by atoms with Crippen molar-refractivity contribution in [2.75, 3.05) is 25.0 Å². The third-order valence-corrected chi connectivity index (χ3v) is 4.05. The number of rotatable bonds is 8. The van der Waals surface area contributed by atoms with Crippen LogP contribution >= 0.6 is 11.6 Å². The number of halogens is 1. The van der Waals surface area contributed by atoms with Gasteiger partial charge in [-0.1, -0.05) is 48.9 Å². The molecule has 3 amide bonds. The smallest absolute Gasteiger partial charge is 0.255 e. The van der Waals surface area contributed by atoms with E-state index in [-0.39, 0.29) is 24.9 Å². The minimum atomic E-state index is -0.410. The fraction of sp³-hybridized carbons (Fsp3) is 0.250. The van der Waals surface area contributed by atoms with Crippen molar-refractivity contribution in [1.29, 1.82) is 0 Å². The number of hydrogen-bond acceptors (Lipinski definition) is 3. The molecule has 0 saturated carbocycles. The first-order valence-electron chi connectivity index (χ1n) is 8.66. The zero-order chi connectivity index (χ0) is 19.6. The molecule has 0 unspecified atom stereocenters. The molecule has 0 aliphatic carbocycles. The Morgan fingerprint density at radius 1 is 0.963 bits per heavy atom. The summed E-state index contributed by atoms with van der Waals surface area (Å²) in [6, 6.07) is 15.7. The molecule has 2 rings (SSSR count). The Balaban J connectivity index is 1.90. The summed E-state index contributed by atoms with van der Waals surface area (Å²) in [7, 11) is 0. The molecular formula is C20H22ClN3O3. The quantitative estimate of drug-likeness (QED) is 0.731. The largest absolute Gasteiger partial charge is 0.345 e. The summed E-state index contributed by atoms with van der Waals surface area (Å²) in [6.07, 6.45) is 0.692. The number of carbonyl (C=O) groups is 3. The molecule has 0 bridgehead atoms. The van der Waals surface area contributed by atoms with E-state index in [1.165, 1.54) is 4.90 Å². The van der Waals surface area contributed by atoms with Gasteiger partial charge in [0.25, 0.3) is 5.91 Å². The van der Waals surface area contributed by atoms with E-state index in [1.807, 2.05) is 13.0 Å². The topological polar surface area (TPSA) is 78.5 Å². The van der Waals surface area contributed by atoms with Gasteiger partial charge in [0.2, 0.25) is 11.8 Å². The number of nitrogens with zero attached hydrogens (tertiary/aromatic N) is 1. The lowest BCUT2D eigenvalue weighted by Gasteiger charge is -2.22. The maximum Gasteiger partial charge on any atom is 0.255 e. The van der Waals surface area contributed by atoms with Crippen LogP contribution in [-0.2, 0) is 9.59 Å². The van der Waals surface area contributed by atoms with Crippen molar-refractivity contribution in [3.05, 3.63) is 65.2 Å². The fourth-order valence-electron chi connectivity index (χ4n) is 2.46. The van der Waals surface area contributed by atoms with Crippen molar-refractivity contribution >= 4 is 35.0 Å². The zero-order valence-electron chi connectivity index (χ0n) is 15.1. The van der Waals surface area contributed by atoms with Crippen LogP contribution in [0, 0.1) is 0 Å². The van der Waals surface area contributed by atoms with Gasteiger partial charge in [-0.15, -0.1) is 0 Å². The normalized spacial score (nSPS) is 10.1. The summed E-state index contributed by atoms with van der Waals surface area (Å²) in [5.74, 6) is -1.06. The summed E-state index contributed by atoms with van der Waals surface area (Å²) in [6.45, 7) is 2.01. The lowest BCUT2D eigenvalue weighted by Crippen LogP contribution is -2.43. The van der Waals surface area contributed by atoms with E-state index < -0.39 is 5.91 Å². The van der Waals surface area contributed by atoms with Gasteiger partial charge in [0.15, 0.2) is 0 Å². The molecular weight excluding hydrogens is 366 g/mol. The standard InChI is InChI=1S/C20H22ClN3O3/c1-2-12-24(20(27)16-10-6-7-11-17(16)21)14-19(26)22-13-18(25)23-15-8-4-3-5-9-15/h3-11H,2,12-14H2,1H3,(H,22,26)(H,23,25). The highest BCUT2D eigenvalue weighted by molar-refractivity contribution is 6.33. The van der Waals surface area contributed by atoms with Crippen LogP contribution in [0.1, 0.15) is 23.7 Å². The van der Waals surface area contributed by atoms with Crippen LogP contribution in [0.2, 0.25) is 5.02 Å².